The van der Waals surface area contributed by atoms with Gasteiger partial charge in [0.2, 0.25) is 0 Å². The van der Waals surface area contributed by atoms with E-state index in [0.717, 1.165) is 30.7 Å². The Hall–Kier alpha value is -1.94. The third kappa shape index (κ3) is 1.88. The van der Waals surface area contributed by atoms with E-state index in [1.807, 2.05) is 6.07 Å². The molecule has 1 aliphatic carbocycles. The summed E-state index contributed by atoms with van der Waals surface area (Å²) in [6.45, 7) is 0. The molecule has 2 aromatic heterocycles. The van der Waals surface area contributed by atoms with Crippen molar-refractivity contribution in [1.82, 2.24) is 19.8 Å². The summed E-state index contributed by atoms with van der Waals surface area (Å²) in [5.74, 6) is 1.27. The van der Waals surface area contributed by atoms with Crippen LogP contribution in [0.1, 0.15) is 29.3 Å². The molecule has 20 heavy (non-hydrogen) atoms. The average molecular weight is 285 g/mol. The molecule has 1 aliphatic rings. The van der Waals surface area contributed by atoms with E-state index in [-0.39, 0.29) is 0 Å². The highest BCUT2D eigenvalue weighted by atomic mass is 35.5. The lowest BCUT2D eigenvalue weighted by molar-refractivity contribution is 0.541. The van der Waals surface area contributed by atoms with Gasteiger partial charge in [-0.25, -0.2) is 0 Å². The van der Waals surface area contributed by atoms with Crippen LogP contribution >= 0.6 is 11.6 Å². The molecule has 2 heterocycles. The van der Waals surface area contributed by atoms with E-state index in [9.17, 15) is 0 Å². The van der Waals surface area contributed by atoms with Crippen LogP contribution in [0.4, 0.5) is 0 Å². The van der Waals surface area contributed by atoms with E-state index >= 15 is 0 Å². The first-order chi connectivity index (χ1) is 9.81. The Morgan fingerprint density at radius 2 is 1.90 bits per heavy atom. The average Bonchev–Trinajstić information content (AvgIpc) is 2.89. The predicted molar refractivity (Wildman–Crippen MR) is 77.0 cm³/mol. The van der Waals surface area contributed by atoms with Gasteiger partial charge in [0.25, 0.3) is 0 Å². The highest BCUT2D eigenvalue weighted by Crippen LogP contribution is 2.31. The molecule has 5 heteroatoms. The Morgan fingerprint density at radius 3 is 2.80 bits per heavy atom. The molecule has 0 fully saturated rings. The molecule has 4 nitrogen and oxygen atoms in total. The molecule has 3 aromatic rings. The quantitative estimate of drug-likeness (QED) is 0.690. The first-order valence-corrected chi connectivity index (χ1v) is 7.14. The lowest BCUT2D eigenvalue weighted by Gasteiger charge is -2.22. The smallest absolute Gasteiger partial charge is 0.178 e. The van der Waals surface area contributed by atoms with Crippen molar-refractivity contribution in [3.05, 3.63) is 58.5 Å². The largest absolute Gasteiger partial charge is 0.196 e. The maximum absolute atomic E-state index is 5.98. The maximum Gasteiger partial charge on any atom is 0.178 e. The van der Waals surface area contributed by atoms with Gasteiger partial charge in [0.1, 0.15) is 5.15 Å². The second kappa shape index (κ2) is 4.56. The number of hydrogen-bond donors (Lipinski definition) is 0. The Bertz CT molecular complexity index is 780. The minimum atomic E-state index is 0.353. The zero-order chi connectivity index (χ0) is 13.5. The molecule has 1 atom stereocenters. The van der Waals surface area contributed by atoms with E-state index in [1.54, 1.807) is 10.6 Å². The summed E-state index contributed by atoms with van der Waals surface area (Å²) in [7, 11) is 0. The van der Waals surface area contributed by atoms with Crippen LogP contribution in [0.2, 0.25) is 5.15 Å². The molecule has 100 valence electrons. The lowest BCUT2D eigenvalue weighted by Crippen LogP contribution is -2.16. The summed E-state index contributed by atoms with van der Waals surface area (Å²) in [6.07, 6.45) is 3.15. The highest BCUT2D eigenvalue weighted by molar-refractivity contribution is 6.29. The summed E-state index contributed by atoms with van der Waals surface area (Å²) >= 11 is 5.98. The van der Waals surface area contributed by atoms with Crippen LogP contribution in [0, 0.1) is 0 Å². The fraction of sp³-hybridized carbons (Fsp3) is 0.267. The number of fused-ring (bicyclic) bond motifs is 2. The fourth-order valence-corrected chi connectivity index (χ4v) is 3.09. The number of benzene rings is 1. The second-order valence-corrected chi connectivity index (χ2v) is 5.58. The zero-order valence-corrected chi connectivity index (χ0v) is 11.6. The van der Waals surface area contributed by atoms with Crippen LogP contribution in [0.5, 0.6) is 0 Å². The van der Waals surface area contributed by atoms with Gasteiger partial charge in [0.15, 0.2) is 11.5 Å². The van der Waals surface area contributed by atoms with Crippen molar-refractivity contribution in [2.24, 2.45) is 0 Å². The number of aryl methyl sites for hydroxylation is 1. The summed E-state index contributed by atoms with van der Waals surface area (Å²) in [5.41, 5.74) is 3.61. The summed E-state index contributed by atoms with van der Waals surface area (Å²) in [6, 6.07) is 12.2. The summed E-state index contributed by atoms with van der Waals surface area (Å²) in [5, 5.41) is 13.3. The Kier molecular flexibility index (Phi) is 2.70. The van der Waals surface area contributed by atoms with E-state index < -0.39 is 0 Å². The molecule has 0 radical (unpaired) electrons. The molecule has 0 bridgehead atoms. The number of aromatic nitrogens is 4. The predicted octanol–water partition coefficient (Wildman–Crippen LogP) is 3.05. The topological polar surface area (TPSA) is 43.1 Å². The van der Waals surface area contributed by atoms with Gasteiger partial charge >= 0.3 is 0 Å². The van der Waals surface area contributed by atoms with Gasteiger partial charge in [-0.1, -0.05) is 35.9 Å². The number of rotatable bonds is 1. The van der Waals surface area contributed by atoms with Crippen molar-refractivity contribution in [2.45, 2.75) is 25.2 Å². The van der Waals surface area contributed by atoms with Crippen molar-refractivity contribution >= 4 is 17.2 Å². The zero-order valence-electron chi connectivity index (χ0n) is 10.8. The first-order valence-electron chi connectivity index (χ1n) is 6.76. The van der Waals surface area contributed by atoms with Crippen molar-refractivity contribution in [3.63, 3.8) is 0 Å². The van der Waals surface area contributed by atoms with Gasteiger partial charge in [-0.15, -0.1) is 10.2 Å². The second-order valence-electron chi connectivity index (χ2n) is 5.19. The molecule has 4 rings (SSSR count). The molecule has 1 aromatic carbocycles. The monoisotopic (exact) mass is 284 g/mol. The third-order valence-electron chi connectivity index (χ3n) is 3.97. The van der Waals surface area contributed by atoms with Gasteiger partial charge < -0.3 is 0 Å². The Morgan fingerprint density at radius 1 is 1.05 bits per heavy atom. The molecule has 0 spiro atoms. The summed E-state index contributed by atoms with van der Waals surface area (Å²) < 4.78 is 1.78. The molecule has 0 amide bonds. The van der Waals surface area contributed by atoms with Crippen LogP contribution in [0.15, 0.2) is 36.4 Å². The van der Waals surface area contributed by atoms with E-state index in [0.29, 0.717) is 11.1 Å². The van der Waals surface area contributed by atoms with Crippen LogP contribution in [0.3, 0.4) is 0 Å². The van der Waals surface area contributed by atoms with Gasteiger partial charge in [-0.3, -0.25) is 0 Å². The van der Waals surface area contributed by atoms with Crippen LogP contribution in [-0.2, 0) is 12.8 Å². The Labute approximate surface area is 121 Å². The van der Waals surface area contributed by atoms with Crippen LogP contribution in [-0.4, -0.2) is 19.8 Å². The van der Waals surface area contributed by atoms with E-state index in [4.69, 9.17) is 11.6 Å². The van der Waals surface area contributed by atoms with E-state index in [1.165, 1.54) is 11.1 Å². The Balaban J connectivity index is 1.76. The van der Waals surface area contributed by atoms with Crippen molar-refractivity contribution in [3.8, 4) is 0 Å². The summed E-state index contributed by atoms with van der Waals surface area (Å²) in [4.78, 5) is 0. The van der Waals surface area contributed by atoms with Gasteiger partial charge in [0.05, 0.1) is 0 Å². The lowest BCUT2D eigenvalue weighted by atomic mass is 9.83. The van der Waals surface area contributed by atoms with Crippen LogP contribution in [0.25, 0.3) is 5.65 Å². The highest BCUT2D eigenvalue weighted by Gasteiger charge is 2.24. The standard InChI is InChI=1S/C15H13ClN4/c16-13-7-8-14-17-18-15(20(14)19-13)12-6-5-10-3-1-2-4-11(10)9-12/h1-4,7-8,12H,5-6,9H2. The van der Waals surface area contributed by atoms with Crippen LogP contribution < -0.4 is 0 Å². The molecule has 0 saturated carbocycles. The molecule has 1 unspecified atom stereocenters. The van der Waals surface area contributed by atoms with Gasteiger partial charge in [-0.2, -0.15) is 9.61 Å². The first kappa shape index (κ1) is 11.9. The normalized spacial score (nSPS) is 18.1. The third-order valence-corrected chi connectivity index (χ3v) is 4.17. The fourth-order valence-electron chi connectivity index (χ4n) is 2.96. The van der Waals surface area contributed by atoms with Gasteiger partial charge in [0, 0.05) is 5.92 Å². The minimum Gasteiger partial charge on any atom is -0.196 e. The van der Waals surface area contributed by atoms with Gasteiger partial charge in [-0.05, 0) is 42.5 Å². The van der Waals surface area contributed by atoms with Crippen molar-refractivity contribution < 1.29 is 0 Å². The maximum atomic E-state index is 5.98. The molecule has 0 saturated heterocycles. The minimum absolute atomic E-state index is 0.353. The van der Waals surface area contributed by atoms with E-state index in [2.05, 4.69) is 39.6 Å². The van der Waals surface area contributed by atoms with Crippen molar-refractivity contribution in [1.29, 1.82) is 0 Å². The number of nitrogens with zero attached hydrogens (tertiary/aromatic N) is 4. The molecule has 0 N–H and O–H groups in total. The number of hydrogen-bond acceptors (Lipinski definition) is 3. The van der Waals surface area contributed by atoms with Crippen molar-refractivity contribution in [2.75, 3.05) is 0 Å². The number of halogens is 1. The molecular weight excluding hydrogens is 272 g/mol. The SMILES string of the molecule is Clc1ccc2nnc(C3CCc4ccccc4C3)n2n1. The molecular formula is C15H13ClN4. The molecule has 0 aliphatic heterocycles.